The third-order valence-corrected chi connectivity index (χ3v) is 2.97. The van der Waals surface area contributed by atoms with Gasteiger partial charge in [-0.3, -0.25) is 0 Å². The van der Waals surface area contributed by atoms with Gasteiger partial charge in [0.2, 0.25) is 0 Å². The van der Waals surface area contributed by atoms with Crippen LogP contribution in [0, 0.1) is 12.3 Å². The van der Waals surface area contributed by atoms with Crippen molar-refractivity contribution in [2.24, 2.45) is 0 Å². The molecular formula is C14H23NO3. The van der Waals surface area contributed by atoms with Crippen molar-refractivity contribution in [3.63, 3.8) is 0 Å². The number of hydrogen-bond acceptors (Lipinski definition) is 3. The molecule has 1 saturated heterocycles. The minimum absolute atomic E-state index is 0.142. The van der Waals surface area contributed by atoms with Crippen molar-refractivity contribution in [2.45, 2.75) is 64.2 Å². The van der Waals surface area contributed by atoms with Gasteiger partial charge in [-0.25, -0.2) is 4.79 Å². The quantitative estimate of drug-likeness (QED) is 0.784. The predicted molar refractivity (Wildman–Crippen MR) is 70.0 cm³/mol. The highest BCUT2D eigenvalue weighted by atomic mass is 16.6. The van der Waals surface area contributed by atoms with E-state index in [-0.39, 0.29) is 12.1 Å². The van der Waals surface area contributed by atoms with E-state index in [1.54, 1.807) is 4.90 Å². The van der Waals surface area contributed by atoms with Crippen molar-refractivity contribution in [1.29, 1.82) is 0 Å². The van der Waals surface area contributed by atoms with Crippen molar-refractivity contribution < 1.29 is 14.6 Å². The first kappa shape index (κ1) is 14.8. The van der Waals surface area contributed by atoms with Crippen LogP contribution in [-0.2, 0) is 4.74 Å². The molecule has 2 atom stereocenters. The van der Waals surface area contributed by atoms with Gasteiger partial charge in [-0.15, -0.1) is 6.42 Å². The van der Waals surface area contributed by atoms with Crippen LogP contribution < -0.4 is 0 Å². The Morgan fingerprint density at radius 1 is 1.61 bits per heavy atom. The lowest BCUT2D eigenvalue weighted by Gasteiger charge is -2.28. The summed E-state index contributed by atoms with van der Waals surface area (Å²) >= 11 is 0. The maximum atomic E-state index is 12.0. The first-order valence-electron chi connectivity index (χ1n) is 6.47. The second kappa shape index (κ2) is 6.10. The highest BCUT2D eigenvalue weighted by molar-refractivity contribution is 5.68. The number of ether oxygens (including phenoxy) is 1. The van der Waals surface area contributed by atoms with Crippen molar-refractivity contribution in [2.75, 3.05) is 6.54 Å². The predicted octanol–water partition coefficient (Wildman–Crippen LogP) is 2.16. The largest absolute Gasteiger partial charge is 0.444 e. The molecule has 4 heteroatoms. The average Bonchev–Trinajstić information content (AvgIpc) is 2.71. The summed E-state index contributed by atoms with van der Waals surface area (Å²) in [5.41, 5.74) is -0.470. The Morgan fingerprint density at radius 3 is 2.83 bits per heavy atom. The maximum absolute atomic E-state index is 12.0. The van der Waals surface area contributed by atoms with Crippen LogP contribution in [0.4, 0.5) is 4.79 Å². The zero-order valence-electron chi connectivity index (χ0n) is 11.5. The van der Waals surface area contributed by atoms with Crippen LogP contribution in [0.25, 0.3) is 0 Å². The number of terminal acetylenes is 1. The third-order valence-electron chi connectivity index (χ3n) is 2.97. The standard InChI is InChI=1S/C14H23NO3/c1-5-12(16)9-8-11-7-6-10-15(11)13(17)18-14(2,3)4/h1,11-12,16H,6-10H2,2-4H3. The van der Waals surface area contributed by atoms with Crippen LogP contribution in [0.2, 0.25) is 0 Å². The van der Waals surface area contributed by atoms with Gasteiger partial charge in [0, 0.05) is 12.6 Å². The van der Waals surface area contributed by atoms with E-state index in [0.717, 1.165) is 25.8 Å². The molecule has 2 unspecified atom stereocenters. The van der Waals surface area contributed by atoms with E-state index >= 15 is 0 Å². The Balaban J connectivity index is 2.49. The third kappa shape index (κ3) is 4.58. The van der Waals surface area contributed by atoms with Crippen LogP contribution in [-0.4, -0.2) is 40.4 Å². The zero-order valence-corrected chi connectivity index (χ0v) is 11.5. The summed E-state index contributed by atoms with van der Waals surface area (Å²) in [7, 11) is 0. The van der Waals surface area contributed by atoms with Crippen LogP contribution >= 0.6 is 0 Å². The van der Waals surface area contributed by atoms with Crippen molar-refractivity contribution in [3.05, 3.63) is 0 Å². The molecule has 0 bridgehead atoms. The Bertz CT molecular complexity index is 327. The van der Waals surface area contributed by atoms with Gasteiger partial charge in [-0.1, -0.05) is 5.92 Å². The molecule has 0 spiro atoms. The van der Waals surface area contributed by atoms with Crippen LogP contribution in [0.15, 0.2) is 0 Å². The smallest absolute Gasteiger partial charge is 0.410 e. The second-order valence-corrected chi connectivity index (χ2v) is 5.73. The summed E-state index contributed by atoms with van der Waals surface area (Å²) in [6, 6.07) is 0.142. The summed E-state index contributed by atoms with van der Waals surface area (Å²) < 4.78 is 5.37. The molecule has 1 aliphatic rings. The van der Waals surface area contributed by atoms with Crippen LogP contribution in [0.3, 0.4) is 0 Å². The Morgan fingerprint density at radius 2 is 2.28 bits per heavy atom. The number of nitrogens with zero attached hydrogens (tertiary/aromatic N) is 1. The molecule has 0 aromatic carbocycles. The molecule has 1 aliphatic heterocycles. The topological polar surface area (TPSA) is 49.8 Å². The summed E-state index contributed by atoms with van der Waals surface area (Å²) in [5.74, 6) is 2.29. The fourth-order valence-corrected chi connectivity index (χ4v) is 2.13. The summed E-state index contributed by atoms with van der Waals surface area (Å²) in [6.07, 6.45) is 7.34. The van der Waals surface area contributed by atoms with Gasteiger partial charge in [-0.05, 0) is 46.5 Å². The minimum Gasteiger partial charge on any atom is -0.444 e. The summed E-state index contributed by atoms with van der Waals surface area (Å²) in [4.78, 5) is 13.7. The maximum Gasteiger partial charge on any atom is 0.410 e. The first-order valence-corrected chi connectivity index (χ1v) is 6.47. The second-order valence-electron chi connectivity index (χ2n) is 5.73. The molecule has 1 fully saturated rings. The molecule has 102 valence electrons. The molecule has 0 aromatic rings. The van der Waals surface area contributed by atoms with Crippen molar-refractivity contribution in [1.82, 2.24) is 4.90 Å². The number of likely N-dealkylation sites (tertiary alicyclic amines) is 1. The molecule has 1 N–H and O–H groups in total. The van der Waals surface area contributed by atoms with Crippen molar-refractivity contribution in [3.8, 4) is 12.3 Å². The fraction of sp³-hybridized carbons (Fsp3) is 0.786. The minimum atomic E-state index is -0.717. The molecule has 4 nitrogen and oxygen atoms in total. The van der Waals surface area contributed by atoms with Crippen molar-refractivity contribution >= 4 is 6.09 Å². The molecule has 18 heavy (non-hydrogen) atoms. The molecule has 1 heterocycles. The van der Waals surface area contributed by atoms with E-state index in [9.17, 15) is 9.90 Å². The summed E-state index contributed by atoms with van der Waals surface area (Å²) in [6.45, 7) is 6.31. The van der Waals surface area contributed by atoms with Gasteiger partial charge >= 0.3 is 6.09 Å². The number of carbonyl (C=O) groups is 1. The van der Waals surface area contributed by atoms with E-state index in [1.807, 2.05) is 20.8 Å². The molecule has 0 aromatic heterocycles. The molecule has 0 aliphatic carbocycles. The molecule has 0 saturated carbocycles. The van der Waals surface area contributed by atoms with Gasteiger partial charge in [-0.2, -0.15) is 0 Å². The highest BCUT2D eigenvalue weighted by Gasteiger charge is 2.31. The lowest BCUT2D eigenvalue weighted by molar-refractivity contribution is 0.0212. The van der Waals surface area contributed by atoms with E-state index in [0.29, 0.717) is 6.42 Å². The molecule has 1 rings (SSSR count). The molecule has 0 radical (unpaired) electrons. The van der Waals surface area contributed by atoms with Gasteiger partial charge in [0.15, 0.2) is 0 Å². The summed E-state index contributed by atoms with van der Waals surface area (Å²) in [5, 5.41) is 9.36. The average molecular weight is 253 g/mol. The lowest BCUT2D eigenvalue weighted by Crippen LogP contribution is -2.40. The van der Waals surface area contributed by atoms with E-state index in [2.05, 4.69) is 5.92 Å². The number of rotatable bonds is 3. The Labute approximate surface area is 109 Å². The van der Waals surface area contributed by atoms with E-state index in [1.165, 1.54) is 0 Å². The SMILES string of the molecule is C#CC(O)CCC1CCCN1C(=O)OC(C)(C)C. The number of aliphatic hydroxyl groups is 1. The van der Waals surface area contributed by atoms with Crippen LogP contribution in [0.5, 0.6) is 0 Å². The lowest BCUT2D eigenvalue weighted by atomic mass is 10.1. The molecular weight excluding hydrogens is 230 g/mol. The van der Waals surface area contributed by atoms with Crippen LogP contribution in [0.1, 0.15) is 46.5 Å². The zero-order chi connectivity index (χ0) is 13.8. The number of carbonyl (C=O) groups excluding carboxylic acids is 1. The highest BCUT2D eigenvalue weighted by Crippen LogP contribution is 2.24. The Hall–Kier alpha value is -1.21. The van der Waals surface area contributed by atoms with E-state index in [4.69, 9.17) is 11.2 Å². The van der Waals surface area contributed by atoms with Gasteiger partial charge in [0.25, 0.3) is 0 Å². The van der Waals surface area contributed by atoms with E-state index < -0.39 is 11.7 Å². The monoisotopic (exact) mass is 253 g/mol. The normalized spacial score (nSPS) is 21.5. The van der Waals surface area contributed by atoms with Gasteiger partial charge in [0.05, 0.1) is 0 Å². The fourth-order valence-electron chi connectivity index (χ4n) is 2.13. The molecule has 1 amide bonds. The Kier molecular flexibility index (Phi) is 5.03. The van der Waals surface area contributed by atoms with Gasteiger partial charge < -0.3 is 14.7 Å². The number of amides is 1. The number of aliphatic hydroxyl groups excluding tert-OH is 1. The first-order chi connectivity index (χ1) is 8.33. The van der Waals surface area contributed by atoms with Gasteiger partial charge in [0.1, 0.15) is 11.7 Å². The number of hydrogen-bond donors (Lipinski definition) is 1.